The van der Waals surface area contributed by atoms with Crippen molar-refractivity contribution < 1.29 is 19.4 Å². The molecule has 0 saturated carbocycles. The fourth-order valence-electron chi connectivity index (χ4n) is 1.55. The summed E-state index contributed by atoms with van der Waals surface area (Å²) in [6, 6.07) is 7.13. The van der Waals surface area contributed by atoms with Crippen LogP contribution in [0.3, 0.4) is 0 Å². The van der Waals surface area contributed by atoms with E-state index in [2.05, 4.69) is 5.32 Å². The molecule has 1 aromatic carbocycles. The van der Waals surface area contributed by atoms with Crippen LogP contribution in [0.5, 0.6) is 11.5 Å². The van der Waals surface area contributed by atoms with E-state index >= 15 is 0 Å². The molecule has 3 N–H and O–H groups in total. The minimum Gasteiger partial charge on any atom is -0.504 e. The maximum absolute atomic E-state index is 11.9. The van der Waals surface area contributed by atoms with Crippen LogP contribution in [0, 0.1) is 0 Å². The Hall–Kier alpha value is -2.43. The number of benzene rings is 1. The van der Waals surface area contributed by atoms with Gasteiger partial charge in [0.2, 0.25) is 0 Å². The van der Waals surface area contributed by atoms with E-state index in [9.17, 15) is 9.90 Å². The van der Waals surface area contributed by atoms with E-state index in [0.717, 1.165) is 0 Å². The average molecular weight is 247 g/mol. The normalized spacial score (nSPS) is 12.1. The van der Waals surface area contributed by atoms with Crippen LogP contribution in [0.25, 0.3) is 0 Å². The van der Waals surface area contributed by atoms with E-state index in [1.807, 2.05) is 0 Å². The van der Waals surface area contributed by atoms with E-state index in [1.54, 1.807) is 19.1 Å². The number of phenolic OH excluding ortho intramolecular Hbond substituents is 2. The zero-order chi connectivity index (χ0) is 13.1. The third-order valence-electron chi connectivity index (χ3n) is 2.56. The molecule has 1 heterocycles. The lowest BCUT2D eigenvalue weighted by atomic mass is 10.1. The van der Waals surface area contributed by atoms with Crippen LogP contribution in [0.2, 0.25) is 0 Å². The summed E-state index contributed by atoms with van der Waals surface area (Å²) in [6.07, 6.45) is 1.53. The van der Waals surface area contributed by atoms with Gasteiger partial charge < -0.3 is 19.9 Å². The number of amides is 1. The van der Waals surface area contributed by atoms with E-state index < -0.39 is 0 Å². The Morgan fingerprint density at radius 2 is 2.06 bits per heavy atom. The van der Waals surface area contributed by atoms with Gasteiger partial charge in [-0.15, -0.1) is 0 Å². The molecule has 0 radical (unpaired) electrons. The predicted octanol–water partition coefficient (Wildman–Crippen LogP) is 2.18. The van der Waals surface area contributed by atoms with Crippen molar-refractivity contribution in [3.63, 3.8) is 0 Å². The standard InChI is InChI=1S/C13H13NO4/c1-8(12-3-2-6-18-12)14-13(17)9-4-5-10(15)11(16)7-9/h2-8,15-16H,1H3,(H,14,17). The van der Waals surface area contributed by atoms with Gasteiger partial charge in [0.05, 0.1) is 12.3 Å². The van der Waals surface area contributed by atoms with E-state index in [4.69, 9.17) is 9.52 Å². The summed E-state index contributed by atoms with van der Waals surface area (Å²) < 4.78 is 5.17. The fourth-order valence-corrected chi connectivity index (χ4v) is 1.55. The van der Waals surface area contributed by atoms with E-state index in [0.29, 0.717) is 5.76 Å². The van der Waals surface area contributed by atoms with Gasteiger partial charge in [0.25, 0.3) is 5.91 Å². The summed E-state index contributed by atoms with van der Waals surface area (Å²) in [5.74, 6) is -0.292. The van der Waals surface area contributed by atoms with E-state index in [-0.39, 0.29) is 29.0 Å². The van der Waals surface area contributed by atoms with Crippen LogP contribution in [-0.4, -0.2) is 16.1 Å². The highest BCUT2D eigenvalue weighted by Gasteiger charge is 2.14. The number of furan rings is 1. The molecule has 5 heteroatoms. The number of aromatic hydroxyl groups is 2. The predicted molar refractivity (Wildman–Crippen MR) is 64.4 cm³/mol. The Bertz CT molecular complexity index is 548. The molecule has 1 atom stereocenters. The van der Waals surface area contributed by atoms with Crippen LogP contribution >= 0.6 is 0 Å². The van der Waals surface area contributed by atoms with Crippen molar-refractivity contribution >= 4 is 5.91 Å². The minimum absolute atomic E-state index is 0.259. The molecule has 94 valence electrons. The molecule has 0 aliphatic rings. The highest BCUT2D eigenvalue weighted by atomic mass is 16.3. The van der Waals surface area contributed by atoms with Gasteiger partial charge in [0.15, 0.2) is 11.5 Å². The molecule has 0 saturated heterocycles. The number of rotatable bonds is 3. The first kappa shape index (κ1) is 12.0. The Balaban J connectivity index is 2.10. The maximum atomic E-state index is 11.9. The lowest BCUT2D eigenvalue weighted by Crippen LogP contribution is -2.26. The number of carbonyl (C=O) groups excluding carboxylic acids is 1. The van der Waals surface area contributed by atoms with Crippen molar-refractivity contribution in [1.82, 2.24) is 5.32 Å². The minimum atomic E-state index is -0.353. The Labute approximate surface area is 104 Å². The summed E-state index contributed by atoms with van der Waals surface area (Å²) in [6.45, 7) is 1.79. The first-order valence-corrected chi connectivity index (χ1v) is 5.44. The quantitative estimate of drug-likeness (QED) is 0.726. The van der Waals surface area contributed by atoms with Crippen LogP contribution in [0.1, 0.15) is 29.1 Å². The van der Waals surface area contributed by atoms with Gasteiger partial charge in [0.1, 0.15) is 5.76 Å². The zero-order valence-electron chi connectivity index (χ0n) is 9.75. The molecule has 1 unspecified atom stereocenters. The number of nitrogens with one attached hydrogen (secondary N) is 1. The average Bonchev–Trinajstić information content (AvgIpc) is 2.86. The number of hydrogen-bond acceptors (Lipinski definition) is 4. The lowest BCUT2D eigenvalue weighted by molar-refractivity contribution is 0.0935. The lowest BCUT2D eigenvalue weighted by Gasteiger charge is -2.11. The van der Waals surface area contributed by atoms with Gasteiger partial charge in [-0.05, 0) is 37.3 Å². The second-order valence-electron chi connectivity index (χ2n) is 3.91. The number of phenols is 2. The van der Waals surface area contributed by atoms with Crippen LogP contribution in [0.15, 0.2) is 41.0 Å². The topological polar surface area (TPSA) is 82.7 Å². The van der Waals surface area contributed by atoms with Crippen LogP contribution in [0.4, 0.5) is 0 Å². The van der Waals surface area contributed by atoms with Gasteiger partial charge in [-0.25, -0.2) is 0 Å². The first-order chi connectivity index (χ1) is 8.58. The van der Waals surface area contributed by atoms with E-state index in [1.165, 1.54) is 24.5 Å². The highest BCUT2D eigenvalue weighted by molar-refractivity contribution is 5.95. The Kier molecular flexibility index (Phi) is 3.23. The molecule has 1 amide bonds. The fraction of sp³-hybridized carbons (Fsp3) is 0.154. The molecule has 0 bridgehead atoms. The molecular formula is C13H13NO4. The van der Waals surface area contributed by atoms with Gasteiger partial charge in [-0.3, -0.25) is 4.79 Å². The monoisotopic (exact) mass is 247 g/mol. The largest absolute Gasteiger partial charge is 0.504 e. The molecular weight excluding hydrogens is 234 g/mol. The van der Waals surface area contributed by atoms with Crippen molar-refractivity contribution in [2.45, 2.75) is 13.0 Å². The summed E-state index contributed by atoms with van der Waals surface area (Å²) in [7, 11) is 0. The first-order valence-electron chi connectivity index (χ1n) is 5.44. The summed E-state index contributed by atoms with van der Waals surface area (Å²) in [5.41, 5.74) is 0.267. The van der Waals surface area contributed by atoms with Gasteiger partial charge in [-0.2, -0.15) is 0 Å². The molecule has 0 spiro atoms. The summed E-state index contributed by atoms with van der Waals surface area (Å²) in [5, 5.41) is 21.2. The van der Waals surface area contributed by atoms with Crippen molar-refractivity contribution in [3.8, 4) is 11.5 Å². The SMILES string of the molecule is CC(NC(=O)c1ccc(O)c(O)c1)c1ccco1. The number of hydrogen-bond donors (Lipinski definition) is 3. The molecule has 2 rings (SSSR count). The zero-order valence-corrected chi connectivity index (χ0v) is 9.75. The Morgan fingerprint density at radius 3 is 2.67 bits per heavy atom. The van der Waals surface area contributed by atoms with Gasteiger partial charge in [0, 0.05) is 5.56 Å². The second-order valence-corrected chi connectivity index (χ2v) is 3.91. The van der Waals surface area contributed by atoms with Crippen molar-refractivity contribution in [1.29, 1.82) is 0 Å². The smallest absolute Gasteiger partial charge is 0.252 e. The molecule has 5 nitrogen and oxygen atoms in total. The maximum Gasteiger partial charge on any atom is 0.252 e. The summed E-state index contributed by atoms with van der Waals surface area (Å²) >= 11 is 0. The van der Waals surface area contributed by atoms with Gasteiger partial charge >= 0.3 is 0 Å². The van der Waals surface area contributed by atoms with Crippen molar-refractivity contribution in [2.75, 3.05) is 0 Å². The van der Waals surface area contributed by atoms with Gasteiger partial charge in [-0.1, -0.05) is 0 Å². The van der Waals surface area contributed by atoms with Crippen LogP contribution in [-0.2, 0) is 0 Å². The highest BCUT2D eigenvalue weighted by Crippen LogP contribution is 2.25. The molecule has 1 aromatic heterocycles. The van der Waals surface area contributed by atoms with Crippen LogP contribution < -0.4 is 5.32 Å². The second kappa shape index (κ2) is 4.83. The van der Waals surface area contributed by atoms with Crippen molar-refractivity contribution in [3.05, 3.63) is 47.9 Å². The van der Waals surface area contributed by atoms with Crippen molar-refractivity contribution in [2.24, 2.45) is 0 Å². The third-order valence-corrected chi connectivity index (χ3v) is 2.56. The number of carbonyl (C=O) groups is 1. The summed E-state index contributed by atoms with van der Waals surface area (Å²) in [4.78, 5) is 11.9. The molecule has 0 aliphatic heterocycles. The molecule has 2 aromatic rings. The third kappa shape index (κ3) is 2.45. The molecule has 0 fully saturated rings. The molecule has 18 heavy (non-hydrogen) atoms. The Morgan fingerprint density at radius 1 is 1.28 bits per heavy atom. The molecule has 0 aliphatic carbocycles.